The second kappa shape index (κ2) is 4.69. The molecule has 0 aromatic heterocycles. The third-order valence-corrected chi connectivity index (χ3v) is 4.09. The van der Waals surface area contributed by atoms with Gasteiger partial charge in [0, 0.05) is 19.1 Å². The first kappa shape index (κ1) is 11.2. The Bertz CT molecular complexity index is 238. The van der Waals surface area contributed by atoms with E-state index in [4.69, 9.17) is 12.2 Å². The van der Waals surface area contributed by atoms with Crippen molar-refractivity contribution in [2.75, 3.05) is 7.05 Å². The molecule has 2 fully saturated rings. The van der Waals surface area contributed by atoms with E-state index >= 15 is 0 Å². The van der Waals surface area contributed by atoms with Gasteiger partial charge in [-0.05, 0) is 43.8 Å². The smallest absolute Gasteiger partial charge is 0.169 e. The molecular weight excluding hydrogens is 204 g/mol. The van der Waals surface area contributed by atoms with Crippen molar-refractivity contribution < 1.29 is 0 Å². The second-order valence-electron chi connectivity index (χ2n) is 5.26. The molecule has 0 spiro atoms. The van der Waals surface area contributed by atoms with Crippen LogP contribution >= 0.6 is 12.2 Å². The highest BCUT2D eigenvalue weighted by Crippen LogP contribution is 2.27. The zero-order valence-corrected chi connectivity index (χ0v) is 10.6. The van der Waals surface area contributed by atoms with E-state index in [1.54, 1.807) is 0 Å². The van der Waals surface area contributed by atoms with Gasteiger partial charge in [0.15, 0.2) is 5.11 Å². The summed E-state index contributed by atoms with van der Waals surface area (Å²) in [5.41, 5.74) is 0. The first-order valence-electron chi connectivity index (χ1n) is 6.20. The number of thiocarbonyl (C=S) groups is 1. The third-order valence-electron chi connectivity index (χ3n) is 3.68. The minimum Gasteiger partial charge on any atom is -0.360 e. The van der Waals surface area contributed by atoms with Crippen molar-refractivity contribution in [3.8, 4) is 0 Å². The quantitative estimate of drug-likeness (QED) is 0.729. The zero-order chi connectivity index (χ0) is 10.8. The van der Waals surface area contributed by atoms with Crippen LogP contribution in [-0.4, -0.2) is 29.1 Å². The molecule has 2 nitrogen and oxygen atoms in total. The van der Waals surface area contributed by atoms with Gasteiger partial charge in [0.1, 0.15) is 0 Å². The van der Waals surface area contributed by atoms with Crippen molar-refractivity contribution in [1.29, 1.82) is 0 Å². The molecule has 15 heavy (non-hydrogen) atoms. The molecule has 2 aliphatic rings. The zero-order valence-electron chi connectivity index (χ0n) is 9.83. The SMILES string of the molecule is CC1CCCC(N(C)C(=S)NC2CC2)C1. The van der Waals surface area contributed by atoms with Gasteiger partial charge in [-0.15, -0.1) is 0 Å². The van der Waals surface area contributed by atoms with E-state index in [0.29, 0.717) is 12.1 Å². The van der Waals surface area contributed by atoms with Crippen molar-refractivity contribution >= 4 is 17.3 Å². The molecule has 0 amide bonds. The maximum absolute atomic E-state index is 5.43. The lowest BCUT2D eigenvalue weighted by atomic mass is 9.86. The van der Waals surface area contributed by atoms with Crippen LogP contribution in [0.4, 0.5) is 0 Å². The van der Waals surface area contributed by atoms with Gasteiger partial charge in [0.05, 0.1) is 0 Å². The Labute approximate surface area is 98.4 Å². The van der Waals surface area contributed by atoms with Crippen molar-refractivity contribution in [2.24, 2.45) is 5.92 Å². The van der Waals surface area contributed by atoms with Crippen LogP contribution in [0.2, 0.25) is 0 Å². The highest BCUT2D eigenvalue weighted by Gasteiger charge is 2.27. The fraction of sp³-hybridized carbons (Fsp3) is 0.917. The molecule has 0 saturated heterocycles. The van der Waals surface area contributed by atoms with E-state index in [1.165, 1.54) is 38.5 Å². The van der Waals surface area contributed by atoms with Crippen LogP contribution in [0.25, 0.3) is 0 Å². The number of nitrogens with one attached hydrogen (secondary N) is 1. The number of hydrogen-bond acceptors (Lipinski definition) is 1. The van der Waals surface area contributed by atoms with Gasteiger partial charge >= 0.3 is 0 Å². The summed E-state index contributed by atoms with van der Waals surface area (Å²) in [7, 11) is 2.15. The monoisotopic (exact) mass is 226 g/mol. The largest absolute Gasteiger partial charge is 0.360 e. The summed E-state index contributed by atoms with van der Waals surface area (Å²) in [5, 5.41) is 4.39. The maximum Gasteiger partial charge on any atom is 0.169 e. The van der Waals surface area contributed by atoms with Gasteiger partial charge in [-0.2, -0.15) is 0 Å². The molecule has 2 saturated carbocycles. The summed E-state index contributed by atoms with van der Waals surface area (Å²) < 4.78 is 0. The van der Waals surface area contributed by atoms with Crippen LogP contribution < -0.4 is 5.32 Å². The normalized spacial score (nSPS) is 31.1. The summed E-state index contributed by atoms with van der Waals surface area (Å²) in [4.78, 5) is 2.29. The van der Waals surface area contributed by atoms with Crippen LogP contribution in [0.15, 0.2) is 0 Å². The van der Waals surface area contributed by atoms with Crippen LogP contribution in [0.1, 0.15) is 45.4 Å². The van der Waals surface area contributed by atoms with E-state index in [2.05, 4.69) is 24.2 Å². The van der Waals surface area contributed by atoms with Crippen LogP contribution in [-0.2, 0) is 0 Å². The predicted octanol–water partition coefficient (Wildman–Crippen LogP) is 2.53. The van der Waals surface area contributed by atoms with E-state index in [9.17, 15) is 0 Å². The van der Waals surface area contributed by atoms with Gasteiger partial charge in [0.25, 0.3) is 0 Å². The summed E-state index contributed by atoms with van der Waals surface area (Å²) in [5.74, 6) is 0.870. The average molecular weight is 226 g/mol. The molecule has 0 bridgehead atoms. The number of nitrogens with zero attached hydrogens (tertiary/aromatic N) is 1. The summed E-state index contributed by atoms with van der Waals surface area (Å²) in [6.45, 7) is 2.36. The minimum absolute atomic E-state index is 0.674. The molecule has 3 heteroatoms. The standard InChI is InChI=1S/C12H22N2S/c1-9-4-3-5-11(8-9)14(2)12(15)13-10-6-7-10/h9-11H,3-8H2,1-2H3,(H,13,15). The average Bonchev–Trinajstić information content (AvgIpc) is 3.00. The molecular formula is C12H22N2S. The second-order valence-corrected chi connectivity index (χ2v) is 5.65. The maximum atomic E-state index is 5.43. The van der Waals surface area contributed by atoms with E-state index < -0.39 is 0 Å². The Morgan fingerprint density at radius 1 is 1.27 bits per heavy atom. The summed E-state index contributed by atoms with van der Waals surface area (Å²) in [6, 6.07) is 1.36. The lowest BCUT2D eigenvalue weighted by molar-refractivity contribution is 0.230. The minimum atomic E-state index is 0.674. The summed E-state index contributed by atoms with van der Waals surface area (Å²) in [6.07, 6.45) is 7.98. The fourth-order valence-electron chi connectivity index (χ4n) is 2.42. The number of hydrogen-bond donors (Lipinski definition) is 1. The first-order valence-corrected chi connectivity index (χ1v) is 6.61. The molecule has 2 unspecified atom stereocenters. The fourth-order valence-corrected chi connectivity index (χ4v) is 2.74. The molecule has 1 N–H and O–H groups in total. The lowest BCUT2D eigenvalue weighted by Crippen LogP contribution is -2.45. The Morgan fingerprint density at radius 2 is 2.00 bits per heavy atom. The third kappa shape index (κ3) is 3.07. The van der Waals surface area contributed by atoms with Crippen molar-refractivity contribution in [3.05, 3.63) is 0 Å². The Balaban J connectivity index is 1.82. The Hall–Kier alpha value is -0.310. The van der Waals surface area contributed by atoms with Crippen molar-refractivity contribution in [2.45, 2.75) is 57.5 Å². The number of rotatable bonds is 2. The van der Waals surface area contributed by atoms with Gasteiger partial charge < -0.3 is 10.2 Å². The van der Waals surface area contributed by atoms with Crippen molar-refractivity contribution in [1.82, 2.24) is 10.2 Å². The molecule has 0 aromatic carbocycles. The predicted molar refractivity (Wildman–Crippen MR) is 67.9 cm³/mol. The molecule has 0 heterocycles. The van der Waals surface area contributed by atoms with Crippen LogP contribution in [0, 0.1) is 5.92 Å². The summed E-state index contributed by atoms with van der Waals surface area (Å²) >= 11 is 5.43. The molecule has 2 aliphatic carbocycles. The molecule has 0 aromatic rings. The Morgan fingerprint density at radius 3 is 2.60 bits per heavy atom. The van der Waals surface area contributed by atoms with Gasteiger partial charge in [-0.25, -0.2) is 0 Å². The highest BCUT2D eigenvalue weighted by molar-refractivity contribution is 7.80. The molecule has 0 radical (unpaired) electrons. The van der Waals surface area contributed by atoms with Crippen molar-refractivity contribution in [3.63, 3.8) is 0 Å². The van der Waals surface area contributed by atoms with E-state index in [-0.39, 0.29) is 0 Å². The molecule has 2 atom stereocenters. The Kier molecular flexibility index (Phi) is 3.49. The van der Waals surface area contributed by atoms with Gasteiger partial charge in [-0.1, -0.05) is 19.8 Å². The molecule has 2 rings (SSSR count). The van der Waals surface area contributed by atoms with Crippen LogP contribution in [0.3, 0.4) is 0 Å². The highest BCUT2D eigenvalue weighted by atomic mass is 32.1. The van der Waals surface area contributed by atoms with Gasteiger partial charge in [-0.3, -0.25) is 0 Å². The lowest BCUT2D eigenvalue weighted by Gasteiger charge is -2.35. The van der Waals surface area contributed by atoms with E-state index in [1.807, 2.05) is 0 Å². The van der Waals surface area contributed by atoms with Gasteiger partial charge in [0.2, 0.25) is 0 Å². The first-order chi connectivity index (χ1) is 7.16. The molecule has 0 aliphatic heterocycles. The molecule has 86 valence electrons. The van der Waals surface area contributed by atoms with E-state index in [0.717, 1.165) is 11.0 Å². The van der Waals surface area contributed by atoms with Crippen LogP contribution in [0.5, 0.6) is 0 Å². The topological polar surface area (TPSA) is 15.3 Å².